The normalized spacial score (nSPS) is 11.5. The molecule has 0 amide bonds. The van der Waals surface area contributed by atoms with Crippen LogP contribution in [0.15, 0.2) is 42.7 Å². The lowest BCUT2D eigenvalue weighted by atomic mass is 10.2. The molecule has 0 unspecified atom stereocenters. The lowest BCUT2D eigenvalue weighted by Gasteiger charge is -2.15. The van der Waals surface area contributed by atoms with Gasteiger partial charge in [0.2, 0.25) is 0 Å². The second kappa shape index (κ2) is 6.29. The summed E-state index contributed by atoms with van der Waals surface area (Å²) in [7, 11) is 2.07. The molecule has 0 aliphatic heterocycles. The lowest BCUT2D eigenvalue weighted by molar-refractivity contribution is 0.316. The van der Waals surface area contributed by atoms with Crippen molar-refractivity contribution in [2.24, 2.45) is 0 Å². The fourth-order valence-electron chi connectivity index (χ4n) is 2.51. The van der Waals surface area contributed by atoms with Gasteiger partial charge < -0.3 is 4.40 Å². The molecular weight excluding hydrogens is 317 g/mol. The van der Waals surface area contributed by atoms with E-state index in [4.69, 9.17) is 23.2 Å². The van der Waals surface area contributed by atoms with Crippen LogP contribution in [0.4, 0.5) is 0 Å². The van der Waals surface area contributed by atoms with E-state index in [9.17, 15) is 0 Å². The molecule has 0 spiro atoms. The Kier molecular flexibility index (Phi) is 4.39. The average Bonchev–Trinajstić information content (AvgIpc) is 2.84. The third-order valence-electron chi connectivity index (χ3n) is 3.52. The van der Waals surface area contributed by atoms with Gasteiger partial charge in [-0.05, 0) is 43.3 Å². The molecule has 0 saturated carbocycles. The second-order valence-corrected chi connectivity index (χ2v) is 6.44. The number of imidazole rings is 1. The molecule has 0 aliphatic rings. The van der Waals surface area contributed by atoms with Crippen molar-refractivity contribution in [3.05, 3.63) is 69.6 Å². The lowest BCUT2D eigenvalue weighted by Crippen LogP contribution is -2.17. The van der Waals surface area contributed by atoms with Crippen LogP contribution in [-0.2, 0) is 13.1 Å². The minimum absolute atomic E-state index is 0.587. The number of rotatable bonds is 4. The summed E-state index contributed by atoms with van der Waals surface area (Å²) >= 11 is 12.0. The zero-order valence-corrected chi connectivity index (χ0v) is 14.1. The van der Waals surface area contributed by atoms with Gasteiger partial charge in [0, 0.05) is 25.5 Å². The van der Waals surface area contributed by atoms with Gasteiger partial charge in [0.25, 0.3) is 0 Å². The Morgan fingerprint density at radius 3 is 2.64 bits per heavy atom. The summed E-state index contributed by atoms with van der Waals surface area (Å²) in [4.78, 5) is 6.84. The molecule has 0 saturated heterocycles. The number of nitrogens with zero attached hydrogens (tertiary/aromatic N) is 3. The number of halogens is 2. The molecule has 0 aliphatic carbocycles. The zero-order valence-electron chi connectivity index (χ0n) is 12.6. The third-order valence-corrected chi connectivity index (χ3v) is 4.26. The second-order valence-electron chi connectivity index (χ2n) is 5.62. The first-order valence-electron chi connectivity index (χ1n) is 7.08. The Hall–Kier alpha value is -1.55. The Morgan fingerprint density at radius 1 is 1.05 bits per heavy atom. The van der Waals surface area contributed by atoms with Crippen molar-refractivity contribution in [1.82, 2.24) is 14.3 Å². The van der Waals surface area contributed by atoms with Crippen LogP contribution in [0, 0.1) is 6.92 Å². The van der Waals surface area contributed by atoms with Crippen molar-refractivity contribution < 1.29 is 0 Å². The van der Waals surface area contributed by atoms with Crippen molar-refractivity contribution >= 4 is 28.8 Å². The first-order chi connectivity index (χ1) is 10.5. The highest BCUT2D eigenvalue weighted by Gasteiger charge is 2.07. The van der Waals surface area contributed by atoms with Gasteiger partial charge in [-0.25, -0.2) is 4.98 Å². The van der Waals surface area contributed by atoms with Crippen LogP contribution < -0.4 is 0 Å². The van der Waals surface area contributed by atoms with Crippen molar-refractivity contribution in [2.75, 3.05) is 7.05 Å². The summed E-state index contributed by atoms with van der Waals surface area (Å²) < 4.78 is 2.07. The van der Waals surface area contributed by atoms with Crippen LogP contribution in [-0.4, -0.2) is 21.3 Å². The fourth-order valence-corrected chi connectivity index (χ4v) is 2.83. The SMILES string of the molecule is Cc1ccc2nc(CN(C)Cc3ccc(Cl)c(Cl)c3)cn2c1. The molecule has 5 heteroatoms. The van der Waals surface area contributed by atoms with Crippen LogP contribution >= 0.6 is 23.2 Å². The summed E-state index contributed by atoms with van der Waals surface area (Å²) in [5.41, 5.74) is 4.38. The fraction of sp³-hybridized carbons (Fsp3) is 0.235. The van der Waals surface area contributed by atoms with Crippen LogP contribution in [0.5, 0.6) is 0 Å². The molecule has 3 aromatic rings. The summed E-state index contributed by atoms with van der Waals surface area (Å²) in [6.45, 7) is 3.65. The maximum absolute atomic E-state index is 6.06. The molecule has 22 heavy (non-hydrogen) atoms. The van der Waals surface area contributed by atoms with Crippen molar-refractivity contribution in [3.8, 4) is 0 Å². The van der Waals surface area contributed by atoms with Gasteiger partial charge in [0.1, 0.15) is 5.65 Å². The predicted molar refractivity (Wildman–Crippen MR) is 91.6 cm³/mol. The monoisotopic (exact) mass is 333 g/mol. The van der Waals surface area contributed by atoms with E-state index in [0.29, 0.717) is 10.0 Å². The van der Waals surface area contributed by atoms with Gasteiger partial charge >= 0.3 is 0 Å². The quantitative estimate of drug-likeness (QED) is 0.696. The summed E-state index contributed by atoms with van der Waals surface area (Å²) in [6, 6.07) is 9.86. The maximum Gasteiger partial charge on any atom is 0.137 e. The molecule has 0 bridgehead atoms. The molecular formula is C17H17Cl2N3. The van der Waals surface area contributed by atoms with Gasteiger partial charge in [0.15, 0.2) is 0 Å². The zero-order chi connectivity index (χ0) is 15.7. The molecule has 2 aromatic heterocycles. The first-order valence-corrected chi connectivity index (χ1v) is 7.83. The standard InChI is InChI=1S/C17H17Cl2N3/c1-12-3-6-17-20-14(11-22(17)8-12)10-21(2)9-13-4-5-15(18)16(19)7-13/h3-8,11H,9-10H2,1-2H3. The smallest absolute Gasteiger partial charge is 0.137 e. The van der Waals surface area contributed by atoms with Gasteiger partial charge in [-0.3, -0.25) is 4.90 Å². The summed E-state index contributed by atoms with van der Waals surface area (Å²) in [6.07, 6.45) is 4.17. The number of aryl methyl sites for hydroxylation is 1. The maximum atomic E-state index is 6.06. The highest BCUT2D eigenvalue weighted by atomic mass is 35.5. The van der Waals surface area contributed by atoms with Crippen molar-refractivity contribution in [1.29, 1.82) is 0 Å². The Bertz CT molecular complexity index is 811. The first kappa shape index (κ1) is 15.3. The van der Waals surface area contributed by atoms with E-state index in [1.165, 1.54) is 5.56 Å². The van der Waals surface area contributed by atoms with Crippen LogP contribution in [0.2, 0.25) is 10.0 Å². The molecule has 0 fully saturated rings. The Morgan fingerprint density at radius 2 is 1.86 bits per heavy atom. The van der Waals surface area contributed by atoms with E-state index in [1.54, 1.807) is 0 Å². The molecule has 3 nitrogen and oxygen atoms in total. The predicted octanol–water partition coefficient (Wildman–Crippen LogP) is 4.58. The van der Waals surface area contributed by atoms with E-state index in [0.717, 1.165) is 30.0 Å². The van der Waals surface area contributed by atoms with Crippen molar-refractivity contribution in [2.45, 2.75) is 20.0 Å². The van der Waals surface area contributed by atoms with E-state index in [-0.39, 0.29) is 0 Å². The highest BCUT2D eigenvalue weighted by Crippen LogP contribution is 2.23. The van der Waals surface area contributed by atoms with Gasteiger partial charge in [-0.1, -0.05) is 35.3 Å². The molecule has 0 atom stereocenters. The van der Waals surface area contributed by atoms with Crippen LogP contribution in [0.3, 0.4) is 0 Å². The minimum atomic E-state index is 0.587. The van der Waals surface area contributed by atoms with Crippen LogP contribution in [0.1, 0.15) is 16.8 Å². The Labute approximate surface area is 140 Å². The van der Waals surface area contributed by atoms with Gasteiger partial charge in [-0.2, -0.15) is 0 Å². The van der Waals surface area contributed by atoms with Crippen LogP contribution in [0.25, 0.3) is 5.65 Å². The number of hydrogen-bond donors (Lipinski definition) is 0. The average molecular weight is 334 g/mol. The molecule has 0 N–H and O–H groups in total. The Balaban J connectivity index is 1.72. The third kappa shape index (κ3) is 3.43. The molecule has 3 rings (SSSR count). The number of aromatic nitrogens is 2. The molecule has 2 heterocycles. The molecule has 114 valence electrons. The molecule has 0 radical (unpaired) electrons. The number of pyridine rings is 1. The minimum Gasteiger partial charge on any atom is -0.307 e. The van der Waals surface area contributed by atoms with E-state index >= 15 is 0 Å². The topological polar surface area (TPSA) is 20.5 Å². The van der Waals surface area contributed by atoms with Gasteiger partial charge in [0.05, 0.1) is 15.7 Å². The van der Waals surface area contributed by atoms with E-state index < -0.39 is 0 Å². The number of hydrogen-bond acceptors (Lipinski definition) is 2. The molecule has 1 aromatic carbocycles. The van der Waals surface area contributed by atoms with Gasteiger partial charge in [-0.15, -0.1) is 0 Å². The van der Waals surface area contributed by atoms with E-state index in [1.807, 2.05) is 24.3 Å². The van der Waals surface area contributed by atoms with Crippen molar-refractivity contribution in [3.63, 3.8) is 0 Å². The largest absolute Gasteiger partial charge is 0.307 e. The number of benzene rings is 1. The summed E-state index contributed by atoms with van der Waals surface area (Å²) in [5.74, 6) is 0. The summed E-state index contributed by atoms with van der Waals surface area (Å²) in [5, 5.41) is 1.18. The van der Waals surface area contributed by atoms with E-state index in [2.05, 4.69) is 46.7 Å². The number of fused-ring (bicyclic) bond motifs is 1. The highest BCUT2D eigenvalue weighted by molar-refractivity contribution is 6.42.